The molecule has 2 N–H and O–H groups in total. The van der Waals surface area contributed by atoms with Crippen LogP contribution in [-0.4, -0.2) is 6.79 Å². The Morgan fingerprint density at radius 3 is 2.59 bits per heavy atom. The van der Waals surface area contributed by atoms with E-state index in [9.17, 15) is 0 Å². The number of benzene rings is 1. The molecule has 1 atom stereocenters. The molecule has 1 aromatic rings. The van der Waals surface area contributed by atoms with Crippen LogP contribution < -0.4 is 15.2 Å². The van der Waals surface area contributed by atoms with Crippen LogP contribution in [0.3, 0.4) is 0 Å². The fourth-order valence-electron chi connectivity index (χ4n) is 1.82. The molecule has 17 heavy (non-hydrogen) atoms. The smallest absolute Gasteiger partial charge is 0.231 e. The maximum atomic E-state index is 6.14. The first-order chi connectivity index (χ1) is 7.66. The molecular formula is C13H20ClNO2. The first-order valence-electron chi connectivity index (χ1n) is 5.82. The molecule has 1 heterocycles. The minimum atomic E-state index is 0. The van der Waals surface area contributed by atoms with Gasteiger partial charge in [0.25, 0.3) is 0 Å². The van der Waals surface area contributed by atoms with E-state index in [1.807, 2.05) is 18.2 Å². The Labute approximate surface area is 109 Å². The molecule has 0 aliphatic carbocycles. The van der Waals surface area contributed by atoms with Gasteiger partial charge in [0.15, 0.2) is 11.5 Å². The molecule has 1 aliphatic rings. The Hall–Kier alpha value is -0.930. The van der Waals surface area contributed by atoms with Crippen LogP contribution in [0.4, 0.5) is 0 Å². The van der Waals surface area contributed by atoms with Gasteiger partial charge in [0.1, 0.15) is 0 Å². The van der Waals surface area contributed by atoms with Crippen LogP contribution in [-0.2, 0) is 0 Å². The van der Waals surface area contributed by atoms with Crippen LogP contribution in [0.2, 0.25) is 0 Å². The minimum absolute atomic E-state index is 0. The Bertz CT molecular complexity index is 368. The zero-order chi connectivity index (χ0) is 11.5. The number of rotatable bonds is 4. The highest BCUT2D eigenvalue weighted by Gasteiger charge is 2.15. The number of hydrogen-bond donors (Lipinski definition) is 1. The molecular weight excluding hydrogens is 238 g/mol. The van der Waals surface area contributed by atoms with Crippen LogP contribution in [0.15, 0.2) is 18.2 Å². The Morgan fingerprint density at radius 2 is 1.88 bits per heavy atom. The fraction of sp³-hybridized carbons (Fsp3) is 0.538. The SMILES string of the molecule is CC(C)CC[C@H](N)c1ccc2c(c1)OCO2.Cl. The summed E-state index contributed by atoms with van der Waals surface area (Å²) in [5, 5.41) is 0. The van der Waals surface area contributed by atoms with Crippen LogP contribution in [0.25, 0.3) is 0 Å². The van der Waals surface area contributed by atoms with Gasteiger partial charge in [0.2, 0.25) is 6.79 Å². The Kier molecular flexibility index (Phi) is 5.09. The van der Waals surface area contributed by atoms with Crippen molar-refractivity contribution in [2.75, 3.05) is 6.79 Å². The van der Waals surface area contributed by atoms with Crippen LogP contribution in [0.5, 0.6) is 11.5 Å². The molecule has 0 aromatic heterocycles. The quantitative estimate of drug-likeness (QED) is 0.900. The van der Waals surface area contributed by atoms with Crippen molar-refractivity contribution in [1.29, 1.82) is 0 Å². The van der Waals surface area contributed by atoms with Crippen LogP contribution in [0.1, 0.15) is 38.3 Å². The zero-order valence-electron chi connectivity index (χ0n) is 10.3. The summed E-state index contributed by atoms with van der Waals surface area (Å²) in [6.45, 7) is 4.75. The second-order valence-electron chi connectivity index (χ2n) is 4.69. The van der Waals surface area contributed by atoms with Gasteiger partial charge in [-0.2, -0.15) is 0 Å². The van der Waals surface area contributed by atoms with E-state index < -0.39 is 0 Å². The topological polar surface area (TPSA) is 44.5 Å². The summed E-state index contributed by atoms with van der Waals surface area (Å²) in [6, 6.07) is 6.05. The summed E-state index contributed by atoms with van der Waals surface area (Å²) >= 11 is 0. The Balaban J connectivity index is 0.00000144. The molecule has 0 unspecified atom stereocenters. The van der Waals surface area contributed by atoms with E-state index in [1.165, 1.54) is 0 Å². The Morgan fingerprint density at radius 1 is 1.18 bits per heavy atom. The van der Waals surface area contributed by atoms with Gasteiger partial charge in [-0.25, -0.2) is 0 Å². The standard InChI is InChI=1S/C13H19NO2.ClH/c1-9(2)3-5-11(14)10-4-6-12-13(7-10)16-8-15-12;/h4,6-7,9,11H,3,5,8,14H2,1-2H3;1H/t11-;/m0./s1. The number of halogens is 1. The third-order valence-corrected chi connectivity index (χ3v) is 2.88. The lowest BCUT2D eigenvalue weighted by Crippen LogP contribution is -2.11. The van der Waals surface area contributed by atoms with Crippen molar-refractivity contribution >= 4 is 12.4 Å². The maximum absolute atomic E-state index is 6.14. The molecule has 0 bridgehead atoms. The lowest BCUT2D eigenvalue weighted by atomic mass is 9.98. The van der Waals surface area contributed by atoms with Crippen molar-refractivity contribution in [2.24, 2.45) is 11.7 Å². The third kappa shape index (κ3) is 3.51. The van der Waals surface area contributed by atoms with Crippen molar-refractivity contribution < 1.29 is 9.47 Å². The summed E-state index contributed by atoms with van der Waals surface area (Å²) in [6.07, 6.45) is 2.16. The molecule has 4 heteroatoms. The van der Waals surface area contributed by atoms with Gasteiger partial charge in [-0.1, -0.05) is 19.9 Å². The van der Waals surface area contributed by atoms with Crippen molar-refractivity contribution in [2.45, 2.75) is 32.7 Å². The fourth-order valence-corrected chi connectivity index (χ4v) is 1.82. The van der Waals surface area contributed by atoms with Gasteiger partial charge >= 0.3 is 0 Å². The molecule has 0 amide bonds. The van der Waals surface area contributed by atoms with E-state index in [-0.39, 0.29) is 18.4 Å². The van der Waals surface area contributed by atoms with Crippen LogP contribution >= 0.6 is 12.4 Å². The van der Waals surface area contributed by atoms with Gasteiger partial charge < -0.3 is 15.2 Å². The van der Waals surface area contributed by atoms with Crippen molar-refractivity contribution in [3.05, 3.63) is 23.8 Å². The largest absolute Gasteiger partial charge is 0.454 e. The summed E-state index contributed by atoms with van der Waals surface area (Å²) in [7, 11) is 0. The molecule has 0 radical (unpaired) electrons. The molecule has 2 rings (SSSR count). The maximum Gasteiger partial charge on any atom is 0.231 e. The summed E-state index contributed by atoms with van der Waals surface area (Å²) in [4.78, 5) is 0. The number of hydrogen-bond acceptors (Lipinski definition) is 3. The van der Waals surface area contributed by atoms with Gasteiger partial charge in [-0.3, -0.25) is 0 Å². The second kappa shape index (κ2) is 6.12. The average molecular weight is 258 g/mol. The van der Waals surface area contributed by atoms with Crippen molar-refractivity contribution in [3.63, 3.8) is 0 Å². The normalized spacial score (nSPS) is 14.6. The molecule has 0 fully saturated rings. The highest BCUT2D eigenvalue weighted by molar-refractivity contribution is 5.85. The van der Waals surface area contributed by atoms with Crippen molar-refractivity contribution in [1.82, 2.24) is 0 Å². The summed E-state index contributed by atoms with van der Waals surface area (Å²) in [5.41, 5.74) is 7.27. The first-order valence-corrected chi connectivity index (χ1v) is 5.82. The van der Waals surface area contributed by atoms with E-state index >= 15 is 0 Å². The highest BCUT2D eigenvalue weighted by Crippen LogP contribution is 2.34. The van der Waals surface area contributed by atoms with Gasteiger partial charge in [-0.15, -0.1) is 12.4 Å². The third-order valence-electron chi connectivity index (χ3n) is 2.88. The van der Waals surface area contributed by atoms with E-state index in [4.69, 9.17) is 15.2 Å². The summed E-state index contributed by atoms with van der Waals surface area (Å²) < 4.78 is 10.6. The number of nitrogens with two attached hydrogens (primary N) is 1. The molecule has 0 spiro atoms. The minimum Gasteiger partial charge on any atom is -0.454 e. The van der Waals surface area contributed by atoms with Gasteiger partial charge in [0.05, 0.1) is 0 Å². The lowest BCUT2D eigenvalue weighted by molar-refractivity contribution is 0.174. The molecule has 0 saturated heterocycles. The molecule has 96 valence electrons. The van der Waals surface area contributed by atoms with E-state index in [0.29, 0.717) is 12.7 Å². The van der Waals surface area contributed by atoms with Gasteiger partial charge in [0, 0.05) is 6.04 Å². The van der Waals surface area contributed by atoms with E-state index in [2.05, 4.69) is 13.8 Å². The van der Waals surface area contributed by atoms with Crippen LogP contribution in [0, 0.1) is 5.92 Å². The van der Waals surface area contributed by atoms with Gasteiger partial charge in [-0.05, 0) is 36.5 Å². The predicted octanol–water partition coefficient (Wildman–Crippen LogP) is 3.27. The summed E-state index contributed by atoms with van der Waals surface area (Å²) in [5.74, 6) is 2.33. The lowest BCUT2D eigenvalue weighted by Gasteiger charge is -2.13. The number of ether oxygens (including phenoxy) is 2. The van der Waals surface area contributed by atoms with E-state index in [1.54, 1.807) is 0 Å². The van der Waals surface area contributed by atoms with E-state index in [0.717, 1.165) is 29.9 Å². The first kappa shape index (κ1) is 14.1. The average Bonchev–Trinajstić information content (AvgIpc) is 2.72. The van der Waals surface area contributed by atoms with Crippen molar-refractivity contribution in [3.8, 4) is 11.5 Å². The highest BCUT2D eigenvalue weighted by atomic mass is 35.5. The molecule has 0 saturated carbocycles. The zero-order valence-corrected chi connectivity index (χ0v) is 11.1. The predicted molar refractivity (Wildman–Crippen MR) is 70.8 cm³/mol. The second-order valence-corrected chi connectivity index (χ2v) is 4.69. The molecule has 3 nitrogen and oxygen atoms in total. The monoisotopic (exact) mass is 257 g/mol. The molecule has 1 aliphatic heterocycles. The molecule has 1 aromatic carbocycles. The number of fused-ring (bicyclic) bond motifs is 1.